The summed E-state index contributed by atoms with van der Waals surface area (Å²) in [5.41, 5.74) is 3.66. The van der Waals surface area contributed by atoms with Crippen LogP contribution in [0.25, 0.3) is 10.9 Å². The lowest BCUT2D eigenvalue weighted by Gasteiger charge is -2.32. The number of hydrogen-bond donors (Lipinski definition) is 1. The minimum atomic E-state index is -1.13. The van der Waals surface area contributed by atoms with E-state index in [1.54, 1.807) is 25.4 Å². The number of aryl methyl sites for hydroxylation is 1. The fourth-order valence-electron chi connectivity index (χ4n) is 5.22. The standard InChI is InChI=1S/C23H26FN3O/c1-15-11-17-21-19-6-4-9-26(19)10-7-20(21)27(22(17)18(24)12-15)14-23(2,28)16-5-3-8-25-13-16/h3,5,8,11-13,19,28H,4,6-7,9-10,14H2,1-2H3/t19-,23+/m1/s1. The lowest BCUT2D eigenvalue weighted by Crippen LogP contribution is -2.33. The molecule has 0 bridgehead atoms. The van der Waals surface area contributed by atoms with Crippen molar-refractivity contribution < 1.29 is 9.50 Å². The molecule has 0 radical (unpaired) electrons. The molecular formula is C23H26FN3O. The van der Waals surface area contributed by atoms with E-state index in [4.69, 9.17) is 0 Å². The topological polar surface area (TPSA) is 41.3 Å². The number of pyridine rings is 1. The molecule has 146 valence electrons. The highest BCUT2D eigenvalue weighted by Crippen LogP contribution is 2.44. The van der Waals surface area contributed by atoms with E-state index in [0.717, 1.165) is 42.4 Å². The molecule has 2 aliphatic heterocycles. The highest BCUT2D eigenvalue weighted by molar-refractivity contribution is 5.87. The van der Waals surface area contributed by atoms with Crippen molar-refractivity contribution >= 4 is 10.9 Å². The lowest BCUT2D eigenvalue weighted by molar-refractivity contribution is 0.0379. The Hall–Kier alpha value is -2.24. The zero-order valence-corrected chi connectivity index (χ0v) is 16.5. The summed E-state index contributed by atoms with van der Waals surface area (Å²) in [4.78, 5) is 6.69. The van der Waals surface area contributed by atoms with Crippen molar-refractivity contribution in [3.8, 4) is 0 Å². The quantitative estimate of drug-likeness (QED) is 0.745. The van der Waals surface area contributed by atoms with Crippen molar-refractivity contribution in [2.24, 2.45) is 0 Å². The molecule has 0 spiro atoms. The second-order valence-electron chi connectivity index (χ2n) is 8.55. The molecule has 5 rings (SSSR count). The monoisotopic (exact) mass is 379 g/mol. The number of halogens is 1. The Bertz CT molecular complexity index is 1040. The van der Waals surface area contributed by atoms with Crippen LogP contribution in [0.5, 0.6) is 0 Å². The van der Waals surface area contributed by atoms with Gasteiger partial charge in [0.05, 0.1) is 12.1 Å². The Balaban J connectivity index is 1.71. The van der Waals surface area contributed by atoms with Gasteiger partial charge >= 0.3 is 0 Å². The van der Waals surface area contributed by atoms with Crippen LogP contribution < -0.4 is 0 Å². The second-order valence-corrected chi connectivity index (χ2v) is 8.55. The first kappa shape index (κ1) is 17.8. The molecule has 5 heteroatoms. The molecule has 0 saturated carbocycles. The maximum Gasteiger partial charge on any atom is 0.147 e. The van der Waals surface area contributed by atoms with Crippen molar-refractivity contribution in [3.63, 3.8) is 0 Å². The van der Waals surface area contributed by atoms with E-state index in [-0.39, 0.29) is 5.82 Å². The van der Waals surface area contributed by atoms with Gasteiger partial charge in [-0.25, -0.2) is 4.39 Å². The molecule has 2 aromatic heterocycles. The maximum absolute atomic E-state index is 15.2. The molecule has 2 aliphatic rings. The highest BCUT2D eigenvalue weighted by atomic mass is 19.1. The molecule has 1 aromatic carbocycles. The number of benzene rings is 1. The predicted octanol–water partition coefficient (Wildman–Crippen LogP) is 4.08. The Morgan fingerprint density at radius 1 is 1.32 bits per heavy atom. The summed E-state index contributed by atoms with van der Waals surface area (Å²) in [5, 5.41) is 12.3. The predicted molar refractivity (Wildman–Crippen MR) is 108 cm³/mol. The van der Waals surface area contributed by atoms with E-state index in [0.29, 0.717) is 18.1 Å². The fourth-order valence-corrected chi connectivity index (χ4v) is 5.22. The zero-order valence-electron chi connectivity index (χ0n) is 16.5. The fraction of sp³-hybridized carbons (Fsp3) is 0.435. The number of hydrogen-bond acceptors (Lipinski definition) is 3. The van der Waals surface area contributed by atoms with Crippen LogP contribution in [0, 0.1) is 12.7 Å². The first-order valence-corrected chi connectivity index (χ1v) is 10.1. The van der Waals surface area contributed by atoms with Crippen LogP contribution in [0.15, 0.2) is 36.7 Å². The normalized spacial score (nSPS) is 21.5. The molecule has 4 nitrogen and oxygen atoms in total. The lowest BCUT2D eigenvalue weighted by atomic mass is 9.95. The van der Waals surface area contributed by atoms with Gasteiger partial charge in [0.25, 0.3) is 0 Å². The van der Waals surface area contributed by atoms with Crippen LogP contribution in [0.4, 0.5) is 4.39 Å². The minimum Gasteiger partial charge on any atom is -0.384 e. The molecule has 2 atom stereocenters. The number of rotatable bonds is 3. The van der Waals surface area contributed by atoms with Gasteiger partial charge in [0.15, 0.2) is 0 Å². The minimum absolute atomic E-state index is 0.198. The van der Waals surface area contributed by atoms with Crippen molar-refractivity contribution in [1.82, 2.24) is 14.5 Å². The van der Waals surface area contributed by atoms with Crippen molar-refractivity contribution in [2.75, 3.05) is 13.1 Å². The highest BCUT2D eigenvalue weighted by Gasteiger charge is 2.37. The van der Waals surface area contributed by atoms with Gasteiger partial charge < -0.3 is 9.67 Å². The van der Waals surface area contributed by atoms with Gasteiger partial charge in [-0.2, -0.15) is 0 Å². The summed E-state index contributed by atoms with van der Waals surface area (Å²) in [7, 11) is 0. The molecule has 0 unspecified atom stereocenters. The van der Waals surface area contributed by atoms with Gasteiger partial charge in [-0.3, -0.25) is 9.88 Å². The zero-order chi connectivity index (χ0) is 19.5. The van der Waals surface area contributed by atoms with Crippen LogP contribution in [0.2, 0.25) is 0 Å². The van der Waals surface area contributed by atoms with Gasteiger partial charge in [0.1, 0.15) is 11.4 Å². The van der Waals surface area contributed by atoms with E-state index in [1.807, 2.05) is 23.6 Å². The van der Waals surface area contributed by atoms with E-state index < -0.39 is 5.60 Å². The smallest absolute Gasteiger partial charge is 0.147 e. The number of aliphatic hydroxyl groups is 1. The van der Waals surface area contributed by atoms with Crippen LogP contribution in [0.3, 0.4) is 0 Å². The third kappa shape index (κ3) is 2.68. The van der Waals surface area contributed by atoms with E-state index in [2.05, 4.69) is 16.0 Å². The third-order valence-corrected chi connectivity index (χ3v) is 6.49. The Morgan fingerprint density at radius 2 is 2.18 bits per heavy atom. The number of fused-ring (bicyclic) bond motifs is 5. The SMILES string of the molecule is Cc1cc(F)c2c(c1)c1c(n2C[C@](C)(O)c2cccnc2)CCN2CCC[C@H]12. The Morgan fingerprint density at radius 3 is 2.96 bits per heavy atom. The molecular weight excluding hydrogens is 353 g/mol. The summed E-state index contributed by atoms with van der Waals surface area (Å²) >= 11 is 0. The summed E-state index contributed by atoms with van der Waals surface area (Å²) < 4.78 is 17.2. The molecule has 4 heterocycles. The van der Waals surface area contributed by atoms with Gasteiger partial charge in [0.2, 0.25) is 0 Å². The van der Waals surface area contributed by atoms with E-state index >= 15 is 4.39 Å². The van der Waals surface area contributed by atoms with Crippen molar-refractivity contribution in [2.45, 2.75) is 51.3 Å². The molecule has 3 aromatic rings. The molecule has 28 heavy (non-hydrogen) atoms. The molecule has 1 saturated heterocycles. The summed E-state index contributed by atoms with van der Waals surface area (Å²) in [6.45, 7) is 6.19. The molecule has 0 aliphatic carbocycles. The third-order valence-electron chi connectivity index (χ3n) is 6.49. The number of nitrogens with zero attached hydrogens (tertiary/aromatic N) is 3. The molecule has 1 fully saturated rings. The Kier molecular flexibility index (Phi) is 4.07. The van der Waals surface area contributed by atoms with Crippen molar-refractivity contribution in [1.29, 1.82) is 0 Å². The average molecular weight is 379 g/mol. The number of aromatic nitrogens is 2. The largest absolute Gasteiger partial charge is 0.384 e. The van der Waals surface area contributed by atoms with E-state index in [1.165, 1.54) is 17.7 Å². The van der Waals surface area contributed by atoms with Crippen LogP contribution >= 0.6 is 0 Å². The molecule has 1 N–H and O–H groups in total. The van der Waals surface area contributed by atoms with Crippen LogP contribution in [-0.2, 0) is 18.6 Å². The van der Waals surface area contributed by atoms with Gasteiger partial charge in [-0.05, 0) is 62.6 Å². The molecule has 0 amide bonds. The summed E-state index contributed by atoms with van der Waals surface area (Å²) in [5.74, 6) is -0.198. The second kappa shape index (κ2) is 6.39. The van der Waals surface area contributed by atoms with E-state index in [9.17, 15) is 5.11 Å². The van der Waals surface area contributed by atoms with Gasteiger partial charge in [-0.1, -0.05) is 6.07 Å². The summed E-state index contributed by atoms with van der Waals surface area (Å²) in [6.07, 6.45) is 6.60. The summed E-state index contributed by atoms with van der Waals surface area (Å²) in [6, 6.07) is 7.80. The maximum atomic E-state index is 15.2. The average Bonchev–Trinajstić information content (AvgIpc) is 3.25. The first-order chi connectivity index (χ1) is 13.5. The Labute approximate surface area is 164 Å². The van der Waals surface area contributed by atoms with Gasteiger partial charge in [0, 0.05) is 48.0 Å². The first-order valence-electron chi connectivity index (χ1n) is 10.1. The van der Waals surface area contributed by atoms with Crippen LogP contribution in [0.1, 0.15) is 48.2 Å². The van der Waals surface area contributed by atoms with Crippen molar-refractivity contribution in [3.05, 3.63) is 64.9 Å². The van der Waals surface area contributed by atoms with Gasteiger partial charge in [-0.15, -0.1) is 0 Å². The van der Waals surface area contributed by atoms with Crippen LogP contribution in [-0.4, -0.2) is 32.6 Å².